The van der Waals surface area contributed by atoms with Gasteiger partial charge in [-0.05, 0) is 77.6 Å². The molecule has 0 atom stereocenters. The third-order valence-corrected chi connectivity index (χ3v) is 12.8. The Kier molecular flexibility index (Phi) is 31.6. The van der Waals surface area contributed by atoms with Gasteiger partial charge in [-0.3, -0.25) is 40.5 Å². The van der Waals surface area contributed by atoms with Gasteiger partial charge < -0.3 is 70.8 Å². The number of benzene rings is 5. The van der Waals surface area contributed by atoms with Crippen LogP contribution in [-0.2, 0) is 22.7 Å². The van der Waals surface area contributed by atoms with Crippen molar-refractivity contribution in [1.29, 1.82) is 0 Å². The number of nitrogens with zero attached hydrogens (tertiary/aromatic N) is 10. The summed E-state index contributed by atoms with van der Waals surface area (Å²) in [5.74, 6) is -4.85. The van der Waals surface area contributed by atoms with Crippen LogP contribution in [0, 0.1) is 52.1 Å². The normalized spacial score (nSPS) is 13.8. The molecule has 8 rings (SSSR count). The first kappa shape index (κ1) is 73.0. The van der Waals surface area contributed by atoms with Crippen molar-refractivity contribution in [1.82, 2.24) is 14.7 Å². The number of carbonyl (C=O) groups excluding carboxylic acids is 2. The lowest BCUT2D eigenvalue weighted by Gasteiger charge is -2.35. The number of nitro groups is 4. The van der Waals surface area contributed by atoms with Gasteiger partial charge in [0, 0.05) is 162 Å². The highest BCUT2D eigenvalue weighted by atomic mass is 19.1. The van der Waals surface area contributed by atoms with E-state index in [1.807, 2.05) is 25.2 Å². The lowest BCUT2D eigenvalue weighted by Crippen LogP contribution is -2.45. The molecule has 0 spiro atoms. The number of carboxylic acid groups (broad SMARTS) is 1. The van der Waals surface area contributed by atoms with Crippen molar-refractivity contribution in [2.24, 2.45) is 5.73 Å². The van der Waals surface area contributed by atoms with Crippen molar-refractivity contribution < 1.29 is 72.8 Å². The zero-order chi connectivity index (χ0) is 64.8. The van der Waals surface area contributed by atoms with E-state index in [1.165, 1.54) is 38.4 Å². The number of aromatic carboxylic acids is 1. The summed E-state index contributed by atoms with van der Waals surface area (Å²) in [5, 5.41) is 76.7. The molecule has 0 saturated carbocycles. The number of methoxy groups -OCH3 is 2. The van der Waals surface area contributed by atoms with Crippen molar-refractivity contribution in [2.45, 2.75) is 20.1 Å². The van der Waals surface area contributed by atoms with Crippen molar-refractivity contribution in [3.05, 3.63) is 171 Å². The number of nitrogen functional groups attached to an aromatic ring is 1. The molecule has 0 unspecified atom stereocenters. The standard InChI is InChI=1S/C13H17N3O4.C12H17N3O3.C12H19N3O.C8H6FNO4.C7H4FNO4.C2H6O.CH5N/c1-14-5-7-15(8-6-14)12-4-3-10(16(18)19)9-11(12)13(17)20-2;1-13-4-6-14(7-5-13)12-3-2-11(15(17)18)8-10(12)9-16;1-14-4-6-15(7-5-14)12-3-2-11(13)8-10(12)9-16;1-14-8(11)6-4-5(10(12)13)2-3-7(6)9;8-6-2-1-4(9(12)13)3-5(6)7(10)11;1-2-3;1-2/h3-4,9H,5-8H2,1-2H3;2-3,8,16H,4-7,9H2,1H3;2-3,8,16H,4-7,9,13H2,1H3;2-4H,1H3;1-3H,(H,10,11);3H,2H2,1H3;2H2,1H3. The Morgan fingerprint density at radius 1 is 0.488 bits per heavy atom. The number of halogens is 2. The molecule has 86 heavy (non-hydrogen) atoms. The first-order valence-corrected chi connectivity index (χ1v) is 26.3. The Morgan fingerprint density at radius 2 is 0.779 bits per heavy atom. The summed E-state index contributed by atoms with van der Waals surface area (Å²) < 4.78 is 34.6. The van der Waals surface area contributed by atoms with Crippen LogP contribution in [-0.4, -0.2) is 200 Å². The average Bonchev–Trinajstić information content (AvgIpc) is 2.26. The lowest BCUT2D eigenvalue weighted by atomic mass is 10.1. The van der Waals surface area contributed by atoms with Gasteiger partial charge in [0.25, 0.3) is 22.7 Å². The van der Waals surface area contributed by atoms with Crippen molar-refractivity contribution in [3.63, 3.8) is 0 Å². The van der Waals surface area contributed by atoms with E-state index in [2.05, 4.69) is 54.0 Å². The van der Waals surface area contributed by atoms with E-state index >= 15 is 0 Å². The number of anilines is 4. The average molecular weight is 1210 g/mol. The van der Waals surface area contributed by atoms with Crippen LogP contribution in [0.25, 0.3) is 0 Å². The van der Waals surface area contributed by atoms with Crippen LogP contribution in [0.4, 0.5) is 54.3 Å². The van der Waals surface area contributed by atoms with Crippen molar-refractivity contribution in [3.8, 4) is 0 Å². The van der Waals surface area contributed by atoms with E-state index < -0.39 is 66.0 Å². The summed E-state index contributed by atoms with van der Waals surface area (Å²) >= 11 is 0. The molecule has 3 saturated heterocycles. The number of carbonyl (C=O) groups is 3. The van der Waals surface area contributed by atoms with Gasteiger partial charge in [0.05, 0.1) is 58.4 Å². The van der Waals surface area contributed by atoms with Gasteiger partial charge in [-0.15, -0.1) is 0 Å². The fourth-order valence-electron chi connectivity index (χ4n) is 8.17. The lowest BCUT2D eigenvalue weighted by molar-refractivity contribution is -0.385. The molecule has 0 amide bonds. The third-order valence-electron chi connectivity index (χ3n) is 12.8. The fourth-order valence-corrected chi connectivity index (χ4v) is 8.17. The molecule has 3 fully saturated rings. The molecule has 0 bridgehead atoms. The Hall–Kier alpha value is -9.11. The molecule has 3 aliphatic heterocycles. The highest BCUT2D eigenvalue weighted by molar-refractivity contribution is 5.96. The number of rotatable bonds is 12. The largest absolute Gasteiger partial charge is 0.478 e. The van der Waals surface area contributed by atoms with E-state index in [1.54, 1.807) is 19.1 Å². The van der Waals surface area contributed by atoms with Crippen molar-refractivity contribution in [2.75, 3.05) is 148 Å². The number of hydrogen-bond donors (Lipinski definition) is 6. The zero-order valence-corrected chi connectivity index (χ0v) is 48.7. The van der Waals surface area contributed by atoms with Crippen molar-refractivity contribution >= 4 is 63.4 Å². The van der Waals surface area contributed by atoms with Gasteiger partial charge >= 0.3 is 17.9 Å². The minimum absolute atomic E-state index is 0.0249. The second kappa shape index (κ2) is 37.3. The van der Waals surface area contributed by atoms with E-state index in [4.69, 9.17) is 20.7 Å². The number of nitro benzene ring substituents is 4. The first-order chi connectivity index (χ1) is 40.8. The van der Waals surface area contributed by atoms with Gasteiger partial charge in [0.1, 0.15) is 22.8 Å². The molecule has 3 aliphatic rings. The smallest absolute Gasteiger partial charge is 0.341 e. The van der Waals surface area contributed by atoms with Crippen LogP contribution < -0.4 is 26.2 Å². The summed E-state index contributed by atoms with van der Waals surface area (Å²) in [6.07, 6.45) is 0. The number of piperazine rings is 3. The predicted molar refractivity (Wildman–Crippen MR) is 317 cm³/mol. The number of aliphatic hydroxyl groups is 3. The van der Waals surface area contributed by atoms with Crippen LogP contribution in [0.15, 0.2) is 91.0 Å². The summed E-state index contributed by atoms with van der Waals surface area (Å²) in [5.41, 5.74) is 13.4. The SMILES string of the molecule is CCO.CN.CN1CCN(c2ccc(N)cc2CO)CC1.CN1CCN(c2ccc([N+](=O)[O-])cc2CO)CC1.COC(=O)c1cc([N+](=O)[O-])ccc1F.COC(=O)c1cc([N+](=O)[O-])ccc1N1CCN(C)CC1.O=C(O)c1cc([N+](=O)[O-])ccc1F. The summed E-state index contributed by atoms with van der Waals surface area (Å²) in [6, 6.07) is 19.7. The number of likely N-dealkylation sites (N-methyl/N-ethyl adjacent to an activating group) is 3. The number of ether oxygens (including phenoxy) is 2. The molecule has 0 radical (unpaired) electrons. The number of non-ortho nitro benzene ring substituents is 4. The fraction of sp³-hybridized carbons (Fsp3) is 0.400. The molecule has 470 valence electrons. The maximum atomic E-state index is 12.9. The molecule has 31 heteroatoms. The van der Waals surface area contributed by atoms with Crippen LogP contribution in [0.3, 0.4) is 0 Å². The quantitative estimate of drug-likeness (QED) is 0.0413. The highest BCUT2D eigenvalue weighted by Crippen LogP contribution is 2.29. The van der Waals surface area contributed by atoms with Gasteiger partial charge in [0.2, 0.25) is 0 Å². The van der Waals surface area contributed by atoms with E-state index in [-0.39, 0.29) is 42.4 Å². The highest BCUT2D eigenvalue weighted by Gasteiger charge is 2.25. The molecule has 0 aliphatic carbocycles. The number of nitrogens with two attached hydrogens (primary N) is 2. The van der Waals surface area contributed by atoms with Gasteiger partial charge in [-0.1, -0.05) is 0 Å². The minimum atomic E-state index is -1.53. The number of hydrogen-bond acceptors (Lipinski definition) is 24. The molecule has 8 N–H and O–H groups in total. The maximum absolute atomic E-state index is 12.9. The van der Waals surface area contributed by atoms with Gasteiger partial charge in [0.15, 0.2) is 0 Å². The Balaban J connectivity index is 0.000000362. The second-order valence-electron chi connectivity index (χ2n) is 18.6. The third kappa shape index (κ3) is 22.8. The van der Waals surface area contributed by atoms with Gasteiger partial charge in [-0.25, -0.2) is 23.2 Å². The van der Waals surface area contributed by atoms with E-state index in [9.17, 15) is 73.8 Å². The minimum Gasteiger partial charge on any atom is -0.478 e. The Labute approximate surface area is 494 Å². The zero-order valence-electron chi connectivity index (χ0n) is 48.7. The summed E-state index contributed by atoms with van der Waals surface area (Å²) in [6.45, 7) is 12.9. The van der Waals surface area contributed by atoms with E-state index in [0.717, 1.165) is 133 Å². The van der Waals surface area contributed by atoms with Crippen LogP contribution >= 0.6 is 0 Å². The Morgan fingerprint density at radius 3 is 1.14 bits per heavy atom. The number of aliphatic hydroxyl groups excluding tert-OH is 3. The number of carboxylic acids is 1. The van der Waals surface area contributed by atoms with E-state index in [0.29, 0.717) is 23.0 Å². The van der Waals surface area contributed by atoms with Crippen LogP contribution in [0.5, 0.6) is 0 Å². The molecule has 5 aromatic carbocycles. The molecular weight excluding hydrogens is 1140 g/mol. The number of esters is 2. The monoisotopic (exact) mass is 1210 g/mol. The maximum Gasteiger partial charge on any atom is 0.341 e. The molecule has 5 aromatic rings. The van der Waals surface area contributed by atoms with Gasteiger partial charge in [-0.2, -0.15) is 0 Å². The predicted octanol–water partition coefficient (Wildman–Crippen LogP) is 5.01. The first-order valence-electron chi connectivity index (χ1n) is 26.3. The molecular formula is C55H74F2N12O17. The Bertz CT molecular complexity index is 3050. The summed E-state index contributed by atoms with van der Waals surface area (Å²) in [7, 11) is 10.1. The second-order valence-corrected chi connectivity index (χ2v) is 18.6. The molecule has 0 aromatic heterocycles. The van der Waals surface area contributed by atoms with Crippen LogP contribution in [0.2, 0.25) is 0 Å². The van der Waals surface area contributed by atoms with Crippen LogP contribution in [0.1, 0.15) is 49.1 Å². The summed E-state index contributed by atoms with van der Waals surface area (Å²) in [4.78, 5) is 85.9. The topological polar surface area (TPSA) is 395 Å². The molecule has 29 nitrogen and oxygen atoms in total. The molecule has 3 heterocycles.